The maximum absolute atomic E-state index is 11.6. The number of rotatable bonds is 6. The van der Waals surface area contributed by atoms with Gasteiger partial charge in [-0.15, -0.1) is 30.6 Å². The summed E-state index contributed by atoms with van der Waals surface area (Å²) in [6.45, 7) is 4.92. The van der Waals surface area contributed by atoms with E-state index in [0.29, 0.717) is 19.0 Å². The van der Waals surface area contributed by atoms with E-state index in [1.165, 1.54) is 4.90 Å². The number of aliphatic imine (C=N–C) groups is 1. The molecule has 7 heteroatoms. The first-order valence-electron chi connectivity index (χ1n) is 6.37. The third kappa shape index (κ3) is 7.16. The topological polar surface area (TPSA) is 61.1 Å². The summed E-state index contributed by atoms with van der Waals surface area (Å²) in [7, 11) is 5.31. The third-order valence-electron chi connectivity index (χ3n) is 2.60. The first kappa shape index (κ1) is 19.5. The zero-order chi connectivity index (χ0) is 15.0. The van der Waals surface area contributed by atoms with E-state index in [1.807, 2.05) is 24.1 Å². The Kier molecular flexibility index (Phi) is 9.51. The molecule has 0 aromatic carbocycles. The van der Waals surface area contributed by atoms with Gasteiger partial charge in [0.1, 0.15) is 12.3 Å². The summed E-state index contributed by atoms with van der Waals surface area (Å²) in [5, 5.41) is 3.12. The van der Waals surface area contributed by atoms with Crippen LogP contribution in [0.15, 0.2) is 40.5 Å². The van der Waals surface area contributed by atoms with Gasteiger partial charge in [0.15, 0.2) is 5.96 Å². The standard InChI is InChI=1S/C14H22N4O2.HI/c1-5-8-15-14(16-10-13(19)17(2)3)18(4)11-12-7-6-9-20-12;/h5-7,9H,1,8,10-11H2,2-4H3,(H,15,16);1H. The minimum absolute atomic E-state index is 0. The van der Waals surface area contributed by atoms with Gasteiger partial charge in [0.05, 0.1) is 12.8 Å². The highest BCUT2D eigenvalue weighted by Crippen LogP contribution is 2.03. The smallest absolute Gasteiger partial charge is 0.243 e. The Labute approximate surface area is 142 Å². The highest BCUT2D eigenvalue weighted by atomic mass is 127. The predicted molar refractivity (Wildman–Crippen MR) is 94.8 cm³/mol. The van der Waals surface area contributed by atoms with Gasteiger partial charge in [-0.05, 0) is 12.1 Å². The number of guanidine groups is 1. The van der Waals surface area contributed by atoms with E-state index in [-0.39, 0.29) is 36.4 Å². The predicted octanol–water partition coefficient (Wildman–Crippen LogP) is 1.55. The van der Waals surface area contributed by atoms with Crippen molar-refractivity contribution in [3.05, 3.63) is 36.8 Å². The van der Waals surface area contributed by atoms with Gasteiger partial charge < -0.3 is 19.5 Å². The summed E-state index contributed by atoms with van der Waals surface area (Å²) in [4.78, 5) is 19.3. The van der Waals surface area contributed by atoms with Crippen LogP contribution in [0.4, 0.5) is 0 Å². The number of amides is 1. The first-order chi connectivity index (χ1) is 9.54. The summed E-state index contributed by atoms with van der Waals surface area (Å²) in [6.07, 6.45) is 3.37. The monoisotopic (exact) mass is 406 g/mol. The largest absolute Gasteiger partial charge is 0.467 e. The van der Waals surface area contributed by atoms with E-state index in [9.17, 15) is 4.79 Å². The van der Waals surface area contributed by atoms with Gasteiger partial charge in [0.2, 0.25) is 5.91 Å². The molecule has 0 saturated carbocycles. The van der Waals surface area contributed by atoms with Crippen molar-refractivity contribution in [1.82, 2.24) is 15.1 Å². The number of furan rings is 1. The van der Waals surface area contributed by atoms with Gasteiger partial charge in [0, 0.05) is 27.7 Å². The number of likely N-dealkylation sites (N-methyl/N-ethyl adjacent to an activating group) is 1. The molecule has 0 spiro atoms. The summed E-state index contributed by atoms with van der Waals surface area (Å²) in [6, 6.07) is 3.74. The van der Waals surface area contributed by atoms with Gasteiger partial charge >= 0.3 is 0 Å². The molecule has 1 aromatic rings. The maximum Gasteiger partial charge on any atom is 0.243 e. The molecular weight excluding hydrogens is 383 g/mol. The van der Waals surface area contributed by atoms with Crippen molar-refractivity contribution < 1.29 is 9.21 Å². The van der Waals surface area contributed by atoms with Crippen molar-refractivity contribution in [3.63, 3.8) is 0 Å². The van der Waals surface area contributed by atoms with Crippen LogP contribution in [0.5, 0.6) is 0 Å². The lowest BCUT2D eigenvalue weighted by atomic mass is 10.4. The van der Waals surface area contributed by atoms with Gasteiger partial charge in [-0.25, -0.2) is 4.99 Å². The summed E-state index contributed by atoms with van der Waals surface area (Å²) < 4.78 is 5.30. The van der Waals surface area contributed by atoms with Crippen LogP contribution < -0.4 is 5.32 Å². The van der Waals surface area contributed by atoms with Crippen molar-refractivity contribution in [2.24, 2.45) is 4.99 Å². The van der Waals surface area contributed by atoms with Gasteiger partial charge in [-0.3, -0.25) is 4.79 Å². The maximum atomic E-state index is 11.6. The van der Waals surface area contributed by atoms with Crippen LogP contribution in [-0.4, -0.2) is 55.9 Å². The molecule has 0 fully saturated rings. The average Bonchev–Trinajstić information content (AvgIpc) is 2.91. The Hall–Kier alpha value is -1.51. The number of hydrogen-bond acceptors (Lipinski definition) is 3. The molecule has 21 heavy (non-hydrogen) atoms. The van der Waals surface area contributed by atoms with Crippen molar-refractivity contribution in [2.45, 2.75) is 6.54 Å². The molecule has 1 amide bonds. The van der Waals surface area contributed by atoms with E-state index in [1.54, 1.807) is 26.4 Å². The van der Waals surface area contributed by atoms with Crippen LogP contribution in [0.1, 0.15) is 5.76 Å². The lowest BCUT2D eigenvalue weighted by Crippen LogP contribution is -2.39. The lowest BCUT2D eigenvalue weighted by Gasteiger charge is -2.21. The molecule has 0 aliphatic heterocycles. The second-order valence-corrected chi connectivity index (χ2v) is 4.53. The first-order valence-corrected chi connectivity index (χ1v) is 6.37. The second kappa shape index (κ2) is 10.3. The van der Waals surface area contributed by atoms with Crippen molar-refractivity contribution in [3.8, 4) is 0 Å². The van der Waals surface area contributed by atoms with Crippen LogP contribution in [0.2, 0.25) is 0 Å². The minimum Gasteiger partial charge on any atom is -0.467 e. The fourth-order valence-electron chi connectivity index (χ4n) is 1.47. The van der Waals surface area contributed by atoms with E-state index >= 15 is 0 Å². The van der Waals surface area contributed by atoms with Crippen molar-refractivity contribution >= 4 is 35.8 Å². The fraction of sp³-hybridized carbons (Fsp3) is 0.429. The van der Waals surface area contributed by atoms with Crippen LogP contribution in [-0.2, 0) is 11.3 Å². The number of nitrogens with zero attached hydrogens (tertiary/aromatic N) is 3. The van der Waals surface area contributed by atoms with E-state index in [2.05, 4.69) is 16.9 Å². The highest BCUT2D eigenvalue weighted by Gasteiger charge is 2.10. The van der Waals surface area contributed by atoms with Crippen LogP contribution in [0.3, 0.4) is 0 Å². The van der Waals surface area contributed by atoms with Gasteiger partial charge in [-0.2, -0.15) is 0 Å². The highest BCUT2D eigenvalue weighted by molar-refractivity contribution is 14.0. The summed E-state index contributed by atoms with van der Waals surface area (Å²) in [5.41, 5.74) is 0. The van der Waals surface area contributed by atoms with Crippen LogP contribution >= 0.6 is 24.0 Å². The molecule has 1 aromatic heterocycles. The number of hydrogen-bond donors (Lipinski definition) is 1. The lowest BCUT2D eigenvalue weighted by molar-refractivity contribution is -0.127. The molecule has 1 N–H and O–H groups in total. The fourth-order valence-corrected chi connectivity index (χ4v) is 1.47. The second-order valence-electron chi connectivity index (χ2n) is 4.53. The Morgan fingerprint density at radius 1 is 1.48 bits per heavy atom. The minimum atomic E-state index is -0.0469. The molecule has 0 radical (unpaired) electrons. The quantitative estimate of drug-likeness (QED) is 0.337. The Morgan fingerprint density at radius 2 is 2.19 bits per heavy atom. The Balaban J connectivity index is 0.00000400. The average molecular weight is 406 g/mol. The van der Waals surface area contributed by atoms with Crippen LogP contribution in [0, 0.1) is 0 Å². The molecule has 0 unspecified atom stereocenters. The van der Waals surface area contributed by atoms with Crippen molar-refractivity contribution in [1.29, 1.82) is 0 Å². The van der Waals surface area contributed by atoms with E-state index in [4.69, 9.17) is 4.42 Å². The summed E-state index contributed by atoms with van der Waals surface area (Å²) in [5.74, 6) is 1.42. The third-order valence-corrected chi connectivity index (χ3v) is 2.60. The molecule has 0 bridgehead atoms. The number of carbonyl (C=O) groups excluding carboxylic acids is 1. The van der Waals surface area contributed by atoms with Gasteiger partial charge in [0.25, 0.3) is 0 Å². The molecular formula is C14H23IN4O2. The molecule has 0 saturated heterocycles. The number of halogens is 1. The number of nitrogens with one attached hydrogen (secondary N) is 1. The van der Waals surface area contributed by atoms with E-state index < -0.39 is 0 Å². The molecule has 0 atom stereocenters. The van der Waals surface area contributed by atoms with Crippen molar-refractivity contribution in [2.75, 3.05) is 34.2 Å². The van der Waals surface area contributed by atoms with E-state index in [0.717, 1.165) is 5.76 Å². The summed E-state index contributed by atoms with van der Waals surface area (Å²) >= 11 is 0. The molecule has 1 rings (SSSR count). The molecule has 0 aliphatic rings. The number of carbonyl (C=O) groups is 1. The Bertz CT molecular complexity index is 458. The molecule has 6 nitrogen and oxygen atoms in total. The molecule has 1 heterocycles. The van der Waals surface area contributed by atoms with Crippen LogP contribution in [0.25, 0.3) is 0 Å². The zero-order valence-electron chi connectivity index (χ0n) is 12.7. The molecule has 0 aliphatic carbocycles. The zero-order valence-corrected chi connectivity index (χ0v) is 15.0. The molecule has 118 valence electrons. The van der Waals surface area contributed by atoms with Gasteiger partial charge in [-0.1, -0.05) is 6.08 Å². The SMILES string of the molecule is C=CCNC(=NCC(=O)N(C)C)N(C)Cc1ccco1.I. The Morgan fingerprint density at radius 3 is 2.71 bits per heavy atom. The normalized spacial score (nSPS) is 10.5.